The molecule has 2 aromatic heterocycles. The number of carbonyl (C=O) groups excluding carboxylic acids is 2. The van der Waals surface area contributed by atoms with E-state index in [1.165, 1.54) is 12.1 Å². The summed E-state index contributed by atoms with van der Waals surface area (Å²) in [7, 11) is 1.75. The van der Waals surface area contributed by atoms with E-state index in [2.05, 4.69) is 20.9 Å². The van der Waals surface area contributed by atoms with Crippen molar-refractivity contribution in [2.75, 3.05) is 0 Å². The summed E-state index contributed by atoms with van der Waals surface area (Å²) >= 11 is 0. The number of hydrogen-bond donors (Lipinski definition) is 3. The monoisotopic (exact) mass is 385 g/mol. The minimum absolute atomic E-state index is 0.0123. The summed E-state index contributed by atoms with van der Waals surface area (Å²) in [4.78, 5) is 39.1. The largest absolute Gasteiger partial charge is 0.307 e. The van der Waals surface area contributed by atoms with E-state index in [4.69, 9.17) is 0 Å². The molecule has 0 saturated carbocycles. The number of hydrogen-bond acceptors (Lipinski definition) is 4. The first-order valence-electron chi connectivity index (χ1n) is 8.67. The van der Waals surface area contributed by atoms with Gasteiger partial charge in [-0.3, -0.25) is 29.9 Å². The number of benzene rings is 1. The number of rotatable bonds is 4. The Bertz CT molecular complexity index is 1120. The maximum atomic E-state index is 12.9. The van der Waals surface area contributed by atoms with Crippen LogP contribution in [0.2, 0.25) is 0 Å². The van der Waals surface area contributed by atoms with Gasteiger partial charge in [0.15, 0.2) is 0 Å². The third kappa shape index (κ3) is 3.78. The molecule has 2 amide bonds. The molecular weight excluding hydrogens is 365 g/mol. The molecule has 146 valence electrons. The second kappa shape index (κ2) is 7.63. The molecule has 3 N–H and O–H groups in total. The van der Waals surface area contributed by atoms with Gasteiger partial charge in [-0.1, -0.05) is 0 Å². The van der Waals surface area contributed by atoms with E-state index in [1.807, 2.05) is 13.8 Å². The van der Waals surface area contributed by atoms with Crippen LogP contribution in [0.4, 0.5) is 4.39 Å². The summed E-state index contributed by atoms with van der Waals surface area (Å²) in [5, 5.41) is 5.17. The Morgan fingerprint density at radius 1 is 1.18 bits per heavy atom. The predicted molar refractivity (Wildman–Crippen MR) is 101 cm³/mol. The molecule has 0 aliphatic heterocycles. The zero-order valence-corrected chi connectivity index (χ0v) is 15.7. The highest BCUT2D eigenvalue weighted by Crippen LogP contribution is 2.21. The van der Waals surface area contributed by atoms with Gasteiger partial charge in [0, 0.05) is 30.0 Å². The van der Waals surface area contributed by atoms with E-state index in [0.717, 1.165) is 28.8 Å². The first kappa shape index (κ1) is 19.3. The Kier molecular flexibility index (Phi) is 5.25. The van der Waals surface area contributed by atoms with Crippen molar-refractivity contribution in [1.29, 1.82) is 0 Å². The Labute approximate surface area is 159 Å². The lowest BCUT2D eigenvalue weighted by atomic mass is 10.0. The second-order valence-electron chi connectivity index (χ2n) is 6.50. The fourth-order valence-corrected chi connectivity index (χ4v) is 3.16. The molecule has 8 nitrogen and oxygen atoms in total. The fourth-order valence-electron chi connectivity index (χ4n) is 3.16. The van der Waals surface area contributed by atoms with Crippen molar-refractivity contribution in [3.63, 3.8) is 0 Å². The number of aromatic amines is 1. The Balaban J connectivity index is 1.65. The number of nitrogens with zero attached hydrogens (tertiary/aromatic N) is 2. The van der Waals surface area contributed by atoms with Gasteiger partial charge in [-0.15, -0.1) is 0 Å². The molecular formula is C19H20FN5O3. The highest BCUT2D eigenvalue weighted by Gasteiger charge is 2.16. The van der Waals surface area contributed by atoms with Gasteiger partial charge in [-0.2, -0.15) is 5.10 Å². The van der Waals surface area contributed by atoms with E-state index < -0.39 is 17.6 Å². The van der Waals surface area contributed by atoms with E-state index in [9.17, 15) is 18.8 Å². The Hall–Kier alpha value is -3.49. The van der Waals surface area contributed by atoms with Crippen molar-refractivity contribution in [3.8, 4) is 0 Å². The number of nitrogens with one attached hydrogen (secondary N) is 3. The van der Waals surface area contributed by atoms with Gasteiger partial charge in [0.25, 0.3) is 11.5 Å². The number of halogens is 1. The van der Waals surface area contributed by atoms with E-state index in [0.29, 0.717) is 11.2 Å². The summed E-state index contributed by atoms with van der Waals surface area (Å²) in [6.45, 7) is 3.69. The van der Waals surface area contributed by atoms with Crippen molar-refractivity contribution in [3.05, 3.63) is 62.8 Å². The van der Waals surface area contributed by atoms with Crippen molar-refractivity contribution >= 4 is 22.8 Å². The van der Waals surface area contributed by atoms with Gasteiger partial charge in [0.05, 0.1) is 5.69 Å². The van der Waals surface area contributed by atoms with Crippen LogP contribution in [0.5, 0.6) is 0 Å². The zero-order chi connectivity index (χ0) is 20.4. The standard InChI is InChI=1S/C19H20FN5O3/c1-10-14(19(28)21-17-16(10)11(2)24-25(17)3)8-9-15(26)22-23-18(27)12-4-6-13(20)7-5-12/h4-7H,8-9H2,1-3H3,(H,21,28)(H,22,26)(H,23,27). The third-order valence-electron chi connectivity index (χ3n) is 4.58. The van der Waals surface area contributed by atoms with Crippen LogP contribution in [0, 0.1) is 19.7 Å². The molecule has 0 aliphatic rings. The quantitative estimate of drug-likeness (QED) is 0.590. The smallest absolute Gasteiger partial charge is 0.269 e. The van der Waals surface area contributed by atoms with Crippen molar-refractivity contribution in [2.24, 2.45) is 7.05 Å². The van der Waals surface area contributed by atoms with E-state index in [-0.39, 0.29) is 24.0 Å². The van der Waals surface area contributed by atoms with Crippen LogP contribution in [-0.4, -0.2) is 26.6 Å². The average molecular weight is 385 g/mol. The van der Waals surface area contributed by atoms with Crippen LogP contribution in [0.1, 0.15) is 33.6 Å². The third-order valence-corrected chi connectivity index (χ3v) is 4.58. The summed E-state index contributed by atoms with van der Waals surface area (Å²) < 4.78 is 14.5. The molecule has 0 fully saturated rings. The van der Waals surface area contributed by atoms with Crippen molar-refractivity contribution in [2.45, 2.75) is 26.7 Å². The highest BCUT2D eigenvalue weighted by molar-refractivity contribution is 5.95. The lowest BCUT2D eigenvalue weighted by Gasteiger charge is -2.09. The number of amides is 2. The summed E-state index contributed by atoms with van der Waals surface area (Å²) in [5.74, 6) is -1.46. The number of carbonyl (C=O) groups is 2. The normalized spacial score (nSPS) is 10.9. The first-order chi connectivity index (χ1) is 13.3. The molecule has 3 rings (SSSR count). The molecule has 0 unspecified atom stereocenters. The molecule has 0 bridgehead atoms. The molecule has 0 radical (unpaired) electrons. The van der Waals surface area contributed by atoms with Gasteiger partial charge in [-0.25, -0.2) is 4.39 Å². The molecule has 1 aromatic carbocycles. The van der Waals surface area contributed by atoms with Crippen molar-refractivity contribution in [1.82, 2.24) is 25.6 Å². The van der Waals surface area contributed by atoms with E-state index >= 15 is 0 Å². The molecule has 0 aliphatic carbocycles. The van der Waals surface area contributed by atoms with Crippen LogP contribution < -0.4 is 16.4 Å². The minimum atomic E-state index is -0.560. The fraction of sp³-hybridized carbons (Fsp3) is 0.263. The number of hydrazine groups is 1. The predicted octanol–water partition coefficient (Wildman–Crippen LogP) is 1.41. The van der Waals surface area contributed by atoms with Crippen LogP contribution in [-0.2, 0) is 18.3 Å². The number of H-pyrrole nitrogens is 1. The summed E-state index contributed by atoms with van der Waals surface area (Å²) in [6.07, 6.45) is 0.224. The van der Waals surface area contributed by atoms with Gasteiger partial charge in [-0.05, 0) is 50.1 Å². The molecule has 0 saturated heterocycles. The zero-order valence-electron chi connectivity index (χ0n) is 15.7. The van der Waals surface area contributed by atoms with Gasteiger partial charge in [0.1, 0.15) is 11.5 Å². The Morgan fingerprint density at radius 3 is 2.54 bits per heavy atom. The minimum Gasteiger partial charge on any atom is -0.307 e. The maximum Gasteiger partial charge on any atom is 0.269 e. The number of aromatic nitrogens is 3. The van der Waals surface area contributed by atoms with Crippen LogP contribution in [0.15, 0.2) is 29.1 Å². The molecule has 2 heterocycles. The number of pyridine rings is 1. The molecule has 28 heavy (non-hydrogen) atoms. The average Bonchev–Trinajstić information content (AvgIpc) is 2.93. The Morgan fingerprint density at radius 2 is 1.86 bits per heavy atom. The second-order valence-corrected chi connectivity index (χ2v) is 6.50. The van der Waals surface area contributed by atoms with Gasteiger partial charge in [0.2, 0.25) is 5.91 Å². The highest BCUT2D eigenvalue weighted by atomic mass is 19.1. The SMILES string of the molecule is Cc1nn(C)c2[nH]c(=O)c(CCC(=O)NNC(=O)c3ccc(F)cc3)c(C)c12. The lowest BCUT2D eigenvalue weighted by molar-refractivity contribution is -0.121. The molecule has 0 atom stereocenters. The maximum absolute atomic E-state index is 12.9. The van der Waals surface area contributed by atoms with Gasteiger partial charge < -0.3 is 4.98 Å². The molecule has 9 heteroatoms. The van der Waals surface area contributed by atoms with Crippen LogP contribution in [0.3, 0.4) is 0 Å². The number of fused-ring (bicyclic) bond motifs is 1. The summed E-state index contributed by atoms with van der Waals surface area (Å²) in [6, 6.07) is 4.93. The first-order valence-corrected chi connectivity index (χ1v) is 8.67. The van der Waals surface area contributed by atoms with Crippen LogP contribution in [0.25, 0.3) is 11.0 Å². The summed E-state index contributed by atoms with van der Waals surface area (Å²) in [5.41, 5.74) is 7.23. The van der Waals surface area contributed by atoms with Gasteiger partial charge >= 0.3 is 0 Å². The van der Waals surface area contributed by atoms with Crippen LogP contribution >= 0.6 is 0 Å². The number of aryl methyl sites for hydroxylation is 3. The topological polar surface area (TPSA) is 109 Å². The van der Waals surface area contributed by atoms with E-state index in [1.54, 1.807) is 11.7 Å². The van der Waals surface area contributed by atoms with Crippen molar-refractivity contribution < 1.29 is 14.0 Å². The molecule has 3 aromatic rings. The lowest BCUT2D eigenvalue weighted by Crippen LogP contribution is -2.41. The molecule has 0 spiro atoms.